The van der Waals surface area contributed by atoms with Crippen LogP contribution in [0.2, 0.25) is 0 Å². The van der Waals surface area contributed by atoms with Crippen molar-refractivity contribution in [2.24, 2.45) is 5.73 Å². The lowest BCUT2D eigenvalue weighted by atomic mass is 10.1. The topological polar surface area (TPSA) is 137 Å². The van der Waals surface area contributed by atoms with Crippen LogP contribution in [0.3, 0.4) is 0 Å². The number of hydrogen-bond acceptors (Lipinski definition) is 7. The molecule has 0 radical (unpaired) electrons. The van der Waals surface area contributed by atoms with Crippen molar-refractivity contribution in [1.82, 2.24) is 0 Å². The van der Waals surface area contributed by atoms with Crippen molar-refractivity contribution in [3.8, 4) is 29.5 Å². The highest BCUT2D eigenvalue weighted by Gasteiger charge is 2.12. The molecule has 32 heavy (non-hydrogen) atoms. The molecule has 0 aliphatic carbocycles. The van der Waals surface area contributed by atoms with E-state index < -0.39 is 5.97 Å². The lowest BCUT2D eigenvalue weighted by Gasteiger charge is -2.05. The van der Waals surface area contributed by atoms with E-state index in [1.165, 1.54) is 6.08 Å². The molecule has 0 aliphatic heterocycles. The highest BCUT2D eigenvalue weighted by atomic mass is 16.5. The third kappa shape index (κ3) is 5.10. The normalized spacial score (nSPS) is 10.3. The molecule has 0 unspecified atom stereocenters. The van der Waals surface area contributed by atoms with Gasteiger partial charge in [0.1, 0.15) is 36.3 Å². The third-order valence-electron chi connectivity index (χ3n) is 4.43. The molecule has 0 atom stereocenters. The molecule has 0 amide bonds. The Labute approximate surface area is 184 Å². The van der Waals surface area contributed by atoms with Crippen molar-refractivity contribution >= 4 is 12.0 Å². The van der Waals surface area contributed by atoms with Crippen LogP contribution in [-0.4, -0.2) is 5.97 Å². The Morgan fingerprint density at radius 1 is 0.938 bits per heavy atom. The van der Waals surface area contributed by atoms with Crippen molar-refractivity contribution in [1.29, 1.82) is 15.8 Å². The lowest BCUT2D eigenvalue weighted by molar-refractivity contribution is 0.0472. The SMILES string of the molecule is N#CC(C#N)=C(N)/C(C#N)=C/c1ccc(-c2ccc(C(=O)OCc3ccccc3)cc2)o1. The van der Waals surface area contributed by atoms with Crippen molar-refractivity contribution in [3.63, 3.8) is 0 Å². The highest BCUT2D eigenvalue weighted by molar-refractivity contribution is 5.90. The molecule has 1 aromatic heterocycles. The van der Waals surface area contributed by atoms with Crippen LogP contribution in [0.1, 0.15) is 21.7 Å². The molecule has 154 valence electrons. The Morgan fingerprint density at radius 2 is 1.62 bits per heavy atom. The molecule has 7 nitrogen and oxygen atoms in total. The first-order chi connectivity index (χ1) is 15.5. The van der Waals surface area contributed by atoms with Crippen LogP contribution in [0.5, 0.6) is 0 Å². The Bertz CT molecular complexity index is 1300. The summed E-state index contributed by atoms with van der Waals surface area (Å²) in [6.45, 7) is 0.188. The molecular formula is C25H16N4O3. The summed E-state index contributed by atoms with van der Waals surface area (Å²) in [5.74, 6) is 0.386. The summed E-state index contributed by atoms with van der Waals surface area (Å²) in [7, 11) is 0. The van der Waals surface area contributed by atoms with Gasteiger partial charge in [-0.25, -0.2) is 4.79 Å². The van der Waals surface area contributed by atoms with E-state index in [0.29, 0.717) is 22.6 Å². The summed E-state index contributed by atoms with van der Waals surface area (Å²) in [6, 6.07) is 24.6. The number of carbonyl (C=O) groups excluding carboxylic acids is 1. The molecule has 3 aromatic rings. The van der Waals surface area contributed by atoms with Crippen LogP contribution in [0, 0.1) is 34.0 Å². The van der Waals surface area contributed by atoms with Crippen LogP contribution >= 0.6 is 0 Å². The van der Waals surface area contributed by atoms with Crippen molar-refractivity contribution in [3.05, 3.63) is 100 Å². The minimum Gasteiger partial charge on any atom is -0.457 e. The zero-order valence-electron chi connectivity index (χ0n) is 16.8. The second kappa shape index (κ2) is 10.1. The number of benzene rings is 2. The lowest BCUT2D eigenvalue weighted by Crippen LogP contribution is -2.04. The van der Waals surface area contributed by atoms with Gasteiger partial charge >= 0.3 is 5.97 Å². The average Bonchev–Trinajstić information content (AvgIpc) is 3.31. The van der Waals surface area contributed by atoms with E-state index in [4.69, 9.17) is 25.4 Å². The Balaban J connectivity index is 1.73. The number of esters is 1. The number of hydrogen-bond donors (Lipinski definition) is 1. The fourth-order valence-electron chi connectivity index (χ4n) is 2.76. The van der Waals surface area contributed by atoms with Gasteiger partial charge in [0.2, 0.25) is 0 Å². The number of allylic oxidation sites excluding steroid dienone is 2. The van der Waals surface area contributed by atoms with Gasteiger partial charge in [-0.3, -0.25) is 0 Å². The standard InChI is InChI=1S/C25H16N4O3/c26-13-20(24(29)21(14-27)15-28)12-22-10-11-23(32-22)18-6-8-19(9-7-18)25(30)31-16-17-4-2-1-3-5-17/h1-12H,16,29H2/b20-12+. The predicted molar refractivity (Wildman–Crippen MR) is 116 cm³/mol. The third-order valence-corrected chi connectivity index (χ3v) is 4.43. The Hall–Kier alpha value is -5.06. The molecule has 0 bridgehead atoms. The molecule has 0 fully saturated rings. The van der Waals surface area contributed by atoms with Gasteiger partial charge < -0.3 is 14.9 Å². The molecule has 0 aliphatic rings. The molecule has 3 rings (SSSR count). The second-order valence-corrected chi connectivity index (χ2v) is 6.52. The minimum absolute atomic E-state index is 0.0551. The van der Waals surface area contributed by atoms with Gasteiger partial charge in [0, 0.05) is 11.6 Å². The van der Waals surface area contributed by atoms with E-state index >= 15 is 0 Å². The van der Waals surface area contributed by atoms with Crippen molar-refractivity contribution in [2.75, 3.05) is 0 Å². The first-order valence-electron chi connectivity index (χ1n) is 9.39. The van der Waals surface area contributed by atoms with Crippen LogP contribution in [0.15, 0.2) is 88.0 Å². The average molecular weight is 420 g/mol. The number of rotatable bonds is 6. The van der Waals surface area contributed by atoms with Gasteiger partial charge in [0.05, 0.1) is 16.8 Å². The quantitative estimate of drug-likeness (QED) is 0.353. The first kappa shape index (κ1) is 21.6. The number of carbonyl (C=O) groups is 1. The molecule has 0 saturated heterocycles. The van der Waals surface area contributed by atoms with E-state index in [2.05, 4.69) is 0 Å². The van der Waals surface area contributed by atoms with Crippen molar-refractivity contribution < 1.29 is 13.9 Å². The molecule has 0 spiro atoms. The molecule has 0 saturated carbocycles. The maximum atomic E-state index is 12.2. The molecule has 2 aromatic carbocycles. The van der Waals surface area contributed by atoms with Gasteiger partial charge in [0.25, 0.3) is 0 Å². The molecule has 2 N–H and O–H groups in total. The summed E-state index contributed by atoms with van der Waals surface area (Å²) >= 11 is 0. The van der Waals surface area contributed by atoms with Gasteiger partial charge in [-0.2, -0.15) is 15.8 Å². The van der Waals surface area contributed by atoms with E-state index in [0.717, 1.165) is 5.56 Å². The van der Waals surface area contributed by atoms with Crippen LogP contribution in [-0.2, 0) is 11.3 Å². The summed E-state index contributed by atoms with van der Waals surface area (Å²) in [5, 5.41) is 27.1. The van der Waals surface area contributed by atoms with Gasteiger partial charge in [-0.05, 0) is 29.8 Å². The first-order valence-corrected chi connectivity index (χ1v) is 9.39. The van der Waals surface area contributed by atoms with Crippen molar-refractivity contribution in [2.45, 2.75) is 6.61 Å². The summed E-state index contributed by atoms with van der Waals surface area (Å²) < 4.78 is 11.0. The van der Waals surface area contributed by atoms with E-state index in [1.54, 1.807) is 48.5 Å². The minimum atomic E-state index is -0.435. The Kier molecular flexibility index (Phi) is 6.84. The summed E-state index contributed by atoms with van der Waals surface area (Å²) in [6.07, 6.45) is 1.35. The van der Waals surface area contributed by atoms with Gasteiger partial charge in [0.15, 0.2) is 5.57 Å². The van der Waals surface area contributed by atoms with E-state index in [9.17, 15) is 10.1 Å². The maximum Gasteiger partial charge on any atom is 0.338 e. The number of nitrogens with two attached hydrogens (primary N) is 1. The fourth-order valence-corrected chi connectivity index (χ4v) is 2.76. The molecule has 1 heterocycles. The molecule has 7 heteroatoms. The van der Waals surface area contributed by atoms with Crippen LogP contribution in [0.25, 0.3) is 17.4 Å². The number of ether oxygens (including phenoxy) is 1. The van der Waals surface area contributed by atoms with Gasteiger partial charge in [-0.15, -0.1) is 0 Å². The second-order valence-electron chi connectivity index (χ2n) is 6.52. The zero-order valence-corrected chi connectivity index (χ0v) is 16.8. The highest BCUT2D eigenvalue weighted by Crippen LogP contribution is 2.25. The molecular weight excluding hydrogens is 404 g/mol. The zero-order chi connectivity index (χ0) is 22.9. The number of nitriles is 3. The van der Waals surface area contributed by atoms with Gasteiger partial charge in [-0.1, -0.05) is 42.5 Å². The largest absolute Gasteiger partial charge is 0.457 e. The maximum absolute atomic E-state index is 12.2. The predicted octanol–water partition coefficient (Wildman–Crippen LogP) is 4.47. The fraction of sp³-hybridized carbons (Fsp3) is 0.0400. The monoisotopic (exact) mass is 420 g/mol. The smallest absolute Gasteiger partial charge is 0.338 e. The summed E-state index contributed by atoms with van der Waals surface area (Å²) in [5.41, 5.74) is 7.12. The van der Waals surface area contributed by atoms with E-state index in [1.807, 2.05) is 36.4 Å². The Morgan fingerprint density at radius 3 is 2.25 bits per heavy atom. The number of furan rings is 1. The number of nitrogens with zero attached hydrogens (tertiary/aromatic N) is 3. The van der Waals surface area contributed by atoms with Crippen LogP contribution in [0.4, 0.5) is 0 Å². The van der Waals surface area contributed by atoms with Crippen LogP contribution < -0.4 is 5.73 Å². The summed E-state index contributed by atoms with van der Waals surface area (Å²) in [4.78, 5) is 12.2. The van der Waals surface area contributed by atoms with E-state index in [-0.39, 0.29) is 23.5 Å².